The van der Waals surface area contributed by atoms with E-state index in [0.29, 0.717) is 19.4 Å². The minimum Gasteiger partial charge on any atom is -0.459 e. The van der Waals surface area contributed by atoms with Crippen LogP contribution in [0.15, 0.2) is 41.0 Å². The number of nitrogens with one attached hydrogen (secondary N) is 1. The Labute approximate surface area is 143 Å². The molecule has 2 aromatic rings. The molecule has 1 aliphatic rings. The van der Waals surface area contributed by atoms with Gasteiger partial charge in [0.05, 0.1) is 17.9 Å². The van der Waals surface area contributed by atoms with E-state index in [1.54, 1.807) is 17.0 Å². The zero-order valence-corrected chi connectivity index (χ0v) is 13.6. The first-order valence-corrected chi connectivity index (χ1v) is 8.01. The first-order valence-electron chi connectivity index (χ1n) is 7.63. The highest BCUT2D eigenvalue weighted by Gasteiger charge is 2.30. The molecule has 3 rings (SSSR count). The Morgan fingerprint density at radius 1 is 1.33 bits per heavy atom. The molecule has 2 heterocycles. The molecule has 0 unspecified atom stereocenters. The van der Waals surface area contributed by atoms with Gasteiger partial charge in [-0.2, -0.15) is 0 Å². The van der Waals surface area contributed by atoms with Crippen LogP contribution in [-0.4, -0.2) is 29.8 Å². The van der Waals surface area contributed by atoms with Gasteiger partial charge in [-0.15, -0.1) is 0 Å². The normalized spacial score (nSPS) is 17.6. The van der Waals surface area contributed by atoms with Crippen molar-refractivity contribution in [2.45, 2.75) is 12.8 Å². The van der Waals surface area contributed by atoms with E-state index in [1.165, 1.54) is 18.4 Å². The Morgan fingerprint density at radius 2 is 2.17 bits per heavy atom. The molecule has 126 valence electrons. The van der Waals surface area contributed by atoms with Gasteiger partial charge in [-0.25, -0.2) is 4.39 Å². The number of hydrogen-bond acceptors (Lipinski definition) is 3. The topological polar surface area (TPSA) is 62.6 Å². The van der Waals surface area contributed by atoms with E-state index in [4.69, 9.17) is 16.0 Å². The fourth-order valence-corrected chi connectivity index (χ4v) is 2.92. The third-order valence-electron chi connectivity index (χ3n) is 4.00. The number of carbonyl (C=O) groups excluding carboxylic acids is 2. The minimum atomic E-state index is -0.588. The van der Waals surface area contributed by atoms with Crippen molar-refractivity contribution in [3.05, 3.63) is 53.2 Å². The van der Waals surface area contributed by atoms with Crippen LogP contribution in [0.1, 0.15) is 23.4 Å². The van der Waals surface area contributed by atoms with Crippen LogP contribution in [0, 0.1) is 11.7 Å². The number of halogens is 2. The highest BCUT2D eigenvalue weighted by Crippen LogP contribution is 2.23. The lowest BCUT2D eigenvalue weighted by molar-refractivity contribution is -0.121. The number of anilines is 1. The van der Waals surface area contributed by atoms with Crippen LogP contribution in [0.5, 0.6) is 0 Å². The molecule has 0 saturated carbocycles. The van der Waals surface area contributed by atoms with Crippen LogP contribution >= 0.6 is 11.6 Å². The fraction of sp³-hybridized carbons (Fsp3) is 0.294. The molecule has 24 heavy (non-hydrogen) atoms. The number of benzene rings is 1. The van der Waals surface area contributed by atoms with Gasteiger partial charge in [0.15, 0.2) is 5.76 Å². The average molecular weight is 351 g/mol. The van der Waals surface area contributed by atoms with Gasteiger partial charge in [0.25, 0.3) is 5.91 Å². The van der Waals surface area contributed by atoms with Crippen LogP contribution in [0.2, 0.25) is 5.02 Å². The van der Waals surface area contributed by atoms with E-state index < -0.39 is 11.7 Å². The maximum Gasteiger partial charge on any atom is 0.289 e. The average Bonchev–Trinajstić information content (AvgIpc) is 3.11. The molecule has 2 amide bonds. The third kappa shape index (κ3) is 3.59. The number of piperidine rings is 1. The number of likely N-dealkylation sites (tertiary alicyclic amines) is 1. The predicted octanol–water partition coefficient (Wildman–Crippen LogP) is 3.56. The number of rotatable bonds is 3. The van der Waals surface area contributed by atoms with Crippen molar-refractivity contribution in [3.8, 4) is 0 Å². The lowest BCUT2D eigenvalue weighted by Crippen LogP contribution is -2.43. The summed E-state index contributed by atoms with van der Waals surface area (Å²) >= 11 is 5.70. The Bertz CT molecular complexity index is 748. The minimum absolute atomic E-state index is 0.0823. The molecule has 5 nitrogen and oxygen atoms in total. The molecular weight excluding hydrogens is 335 g/mol. The van der Waals surface area contributed by atoms with E-state index in [9.17, 15) is 14.0 Å². The van der Waals surface area contributed by atoms with Crippen molar-refractivity contribution < 1.29 is 18.4 Å². The van der Waals surface area contributed by atoms with Gasteiger partial charge >= 0.3 is 0 Å². The van der Waals surface area contributed by atoms with Crippen LogP contribution in [0.25, 0.3) is 0 Å². The van der Waals surface area contributed by atoms with E-state index >= 15 is 0 Å². The summed E-state index contributed by atoms with van der Waals surface area (Å²) in [7, 11) is 0. The predicted molar refractivity (Wildman–Crippen MR) is 87.4 cm³/mol. The smallest absolute Gasteiger partial charge is 0.289 e. The molecule has 7 heteroatoms. The van der Waals surface area contributed by atoms with Crippen molar-refractivity contribution in [2.75, 3.05) is 18.4 Å². The second kappa shape index (κ2) is 7.05. The summed E-state index contributed by atoms with van der Waals surface area (Å²) < 4.78 is 18.9. The van der Waals surface area contributed by atoms with E-state index in [0.717, 1.165) is 6.07 Å². The van der Waals surface area contributed by atoms with Gasteiger partial charge < -0.3 is 14.6 Å². The molecule has 1 aromatic carbocycles. The standard InChI is InChI=1S/C17H16ClFN2O3/c18-12-5-6-14(13(19)9-12)20-16(22)11-3-1-7-21(10-11)17(23)15-4-2-8-24-15/h2,4-6,8-9,11H,1,3,7,10H2,(H,20,22)/t11-/m0/s1. The molecule has 0 radical (unpaired) electrons. The van der Waals surface area contributed by atoms with Crippen molar-refractivity contribution in [1.82, 2.24) is 4.90 Å². The van der Waals surface area contributed by atoms with E-state index in [-0.39, 0.29) is 34.8 Å². The first kappa shape index (κ1) is 16.5. The maximum absolute atomic E-state index is 13.8. The quantitative estimate of drug-likeness (QED) is 0.920. The monoisotopic (exact) mass is 350 g/mol. The van der Waals surface area contributed by atoms with Crippen molar-refractivity contribution in [2.24, 2.45) is 5.92 Å². The summed E-state index contributed by atoms with van der Waals surface area (Å²) in [5, 5.41) is 2.83. The molecule has 0 aliphatic carbocycles. The molecule has 1 aromatic heterocycles. The summed E-state index contributed by atoms with van der Waals surface area (Å²) in [6, 6.07) is 7.31. The molecule has 1 saturated heterocycles. The number of hydrogen-bond donors (Lipinski definition) is 1. The van der Waals surface area contributed by atoms with E-state index in [2.05, 4.69) is 5.32 Å². The van der Waals surface area contributed by atoms with Gasteiger partial charge in [0.2, 0.25) is 5.91 Å². The largest absolute Gasteiger partial charge is 0.459 e. The second-order valence-electron chi connectivity index (χ2n) is 5.68. The zero-order valence-electron chi connectivity index (χ0n) is 12.8. The van der Waals surface area contributed by atoms with Crippen molar-refractivity contribution >= 4 is 29.1 Å². The summed E-state index contributed by atoms with van der Waals surface area (Å²) in [6.07, 6.45) is 2.78. The van der Waals surface area contributed by atoms with Crippen molar-refractivity contribution in [1.29, 1.82) is 0 Å². The lowest BCUT2D eigenvalue weighted by Gasteiger charge is -2.31. The third-order valence-corrected chi connectivity index (χ3v) is 4.24. The summed E-state index contributed by atoms with van der Waals surface area (Å²) in [5.41, 5.74) is 0.0823. The highest BCUT2D eigenvalue weighted by molar-refractivity contribution is 6.30. The molecule has 1 atom stereocenters. The number of nitrogens with zero attached hydrogens (tertiary/aromatic N) is 1. The lowest BCUT2D eigenvalue weighted by atomic mass is 9.96. The summed E-state index contributed by atoms with van der Waals surface area (Å²) in [6.45, 7) is 0.846. The maximum atomic E-state index is 13.8. The fourth-order valence-electron chi connectivity index (χ4n) is 2.76. The van der Waals surface area contributed by atoms with Gasteiger partial charge in [0, 0.05) is 18.1 Å². The van der Waals surface area contributed by atoms with Crippen molar-refractivity contribution in [3.63, 3.8) is 0 Å². The van der Waals surface area contributed by atoms with Gasteiger partial charge in [-0.3, -0.25) is 9.59 Å². The number of carbonyl (C=O) groups is 2. The van der Waals surface area contributed by atoms with Gasteiger partial charge in [-0.05, 0) is 43.2 Å². The van der Waals surface area contributed by atoms with E-state index in [1.807, 2.05) is 0 Å². The number of amides is 2. The zero-order chi connectivity index (χ0) is 17.1. The molecule has 1 fully saturated rings. The molecular formula is C17H16ClFN2O3. The highest BCUT2D eigenvalue weighted by atomic mass is 35.5. The molecule has 0 bridgehead atoms. The summed E-state index contributed by atoms with van der Waals surface area (Å²) in [5.74, 6) is -1.29. The van der Waals surface area contributed by atoms with Crippen LogP contribution in [0.3, 0.4) is 0 Å². The molecule has 0 spiro atoms. The van der Waals surface area contributed by atoms with Crippen LogP contribution in [-0.2, 0) is 4.79 Å². The van der Waals surface area contributed by atoms with Crippen LogP contribution < -0.4 is 5.32 Å². The summed E-state index contributed by atoms with van der Waals surface area (Å²) in [4.78, 5) is 26.3. The molecule has 1 N–H and O–H groups in total. The SMILES string of the molecule is O=C(Nc1ccc(Cl)cc1F)[C@H]1CCCN(C(=O)c2ccco2)C1. The van der Waals surface area contributed by atoms with Gasteiger partial charge in [0.1, 0.15) is 5.82 Å². The Kier molecular flexibility index (Phi) is 4.85. The number of furan rings is 1. The Hall–Kier alpha value is -2.34. The first-order chi connectivity index (χ1) is 11.5. The Morgan fingerprint density at radius 3 is 2.88 bits per heavy atom. The Balaban J connectivity index is 1.65. The van der Waals surface area contributed by atoms with Crippen LogP contribution in [0.4, 0.5) is 10.1 Å². The second-order valence-corrected chi connectivity index (χ2v) is 6.12. The van der Waals surface area contributed by atoms with Gasteiger partial charge in [-0.1, -0.05) is 11.6 Å². The molecule has 1 aliphatic heterocycles.